The lowest BCUT2D eigenvalue weighted by molar-refractivity contribution is -0.139. The number of para-hydroxylation sites is 1. The second-order valence-electron chi connectivity index (χ2n) is 8.88. The van der Waals surface area contributed by atoms with Crippen LogP contribution in [0, 0.1) is 11.0 Å². The largest absolute Gasteiger partial charge is 0.744 e. The molecule has 2 aromatic rings. The van der Waals surface area contributed by atoms with E-state index < -0.39 is 40.0 Å². The van der Waals surface area contributed by atoms with Gasteiger partial charge in [-0.25, -0.2) is 8.60 Å². The Morgan fingerprint density at radius 1 is 1.17 bits per heavy atom. The molecule has 0 aromatic heterocycles. The fourth-order valence-corrected chi connectivity index (χ4v) is 4.66. The molecule has 1 aliphatic heterocycles. The summed E-state index contributed by atoms with van der Waals surface area (Å²) in [5.74, 6) is -2.03. The van der Waals surface area contributed by atoms with Gasteiger partial charge in [-0.15, -0.1) is 0 Å². The molecule has 0 bridgehead atoms. The lowest BCUT2D eigenvalue weighted by atomic mass is 9.97. The third-order valence-corrected chi connectivity index (χ3v) is 6.92. The van der Waals surface area contributed by atoms with Gasteiger partial charge in [-0.05, 0) is 67.0 Å². The zero-order valence-electron chi connectivity index (χ0n) is 19.0. The molecule has 0 radical (unpaired) electrons. The van der Waals surface area contributed by atoms with Gasteiger partial charge in [0.05, 0.1) is 11.1 Å². The minimum Gasteiger partial charge on any atom is -0.744 e. The van der Waals surface area contributed by atoms with Crippen LogP contribution in [0.15, 0.2) is 36.4 Å². The summed E-state index contributed by atoms with van der Waals surface area (Å²) >= 11 is 0. The molecule has 1 amide bonds. The zero-order valence-corrected chi connectivity index (χ0v) is 19.8. The average molecular weight is 514 g/mol. The molecule has 2 aromatic carbocycles. The van der Waals surface area contributed by atoms with Crippen LogP contribution in [0.4, 0.5) is 17.6 Å². The maximum Gasteiger partial charge on any atom is 0.419 e. The Balaban J connectivity index is 1.43. The number of benzene rings is 2. The van der Waals surface area contributed by atoms with Gasteiger partial charge in [0.2, 0.25) is 0 Å². The molecule has 1 atom stereocenters. The summed E-state index contributed by atoms with van der Waals surface area (Å²) in [5.41, 5.74) is 0.308. The predicted molar refractivity (Wildman–Crippen MR) is 122 cm³/mol. The van der Waals surface area contributed by atoms with Gasteiger partial charge in [0, 0.05) is 25.9 Å². The highest BCUT2D eigenvalue weighted by atomic mass is 32.2. The smallest absolute Gasteiger partial charge is 0.419 e. The Morgan fingerprint density at radius 2 is 1.83 bits per heavy atom. The Kier molecular flexibility index (Phi) is 7.48. The van der Waals surface area contributed by atoms with Gasteiger partial charge in [0.25, 0.3) is 5.91 Å². The number of rotatable bonds is 7. The predicted octanol–water partition coefficient (Wildman–Crippen LogP) is 5.00. The van der Waals surface area contributed by atoms with Gasteiger partial charge in [-0.1, -0.05) is 12.1 Å². The van der Waals surface area contributed by atoms with Gasteiger partial charge in [-0.2, -0.15) is 13.2 Å². The number of carbonyl (C=O) groups excluding carboxylic acids is 1. The molecule has 4 rings (SSSR count). The molecule has 1 saturated heterocycles. The van der Waals surface area contributed by atoms with Crippen molar-refractivity contribution in [2.45, 2.75) is 50.4 Å². The number of piperidine rings is 1. The molecule has 6 nitrogen and oxygen atoms in total. The summed E-state index contributed by atoms with van der Waals surface area (Å²) in [6.45, 7) is 1.51. The Labute approximate surface area is 203 Å². The van der Waals surface area contributed by atoms with Crippen LogP contribution >= 0.6 is 0 Å². The van der Waals surface area contributed by atoms with Crippen LogP contribution in [0.2, 0.25) is 0 Å². The molecule has 0 spiro atoms. The van der Waals surface area contributed by atoms with Crippen LogP contribution in [0.3, 0.4) is 0 Å². The number of hydrogen-bond donors (Lipinski definition) is 0. The standard InChI is InChI=1S/C24H25F4N2O4S/c1-35(33)30(32)23(31)19-13-18(15-6-7-15)16(12-21(19)25)14-29-10-8-17(9-11-29)34-22-5-3-2-4-20(22)24(26,27)28/h2-5,12-13,15,17H,6-11,14H2,1H3/q-1. The summed E-state index contributed by atoms with van der Waals surface area (Å²) in [6.07, 6.45) is -1.01. The SMILES string of the molecule is CS(=O)N([O-])C(=O)c1cc(C2CC2)c(CN2CCC(Oc3ccccc3C(F)(F)F)CC2)cc1F. The molecule has 11 heteroatoms. The van der Waals surface area contributed by atoms with Crippen LogP contribution in [-0.2, 0) is 23.7 Å². The van der Waals surface area contributed by atoms with Crippen LogP contribution in [-0.4, -0.2) is 44.9 Å². The molecule has 35 heavy (non-hydrogen) atoms. The van der Waals surface area contributed by atoms with E-state index in [4.69, 9.17) is 4.74 Å². The maximum atomic E-state index is 14.8. The first-order valence-electron chi connectivity index (χ1n) is 11.3. The number of hydroxylamine groups is 1. The molecule has 2 aliphatic rings. The number of nitrogens with zero attached hydrogens (tertiary/aromatic N) is 2. The number of halogens is 4. The van der Waals surface area contributed by atoms with E-state index in [2.05, 4.69) is 4.90 Å². The summed E-state index contributed by atoms with van der Waals surface area (Å²) in [4.78, 5) is 14.3. The molecule has 1 saturated carbocycles. The van der Waals surface area contributed by atoms with Crippen molar-refractivity contribution in [3.05, 3.63) is 69.7 Å². The zero-order chi connectivity index (χ0) is 25.3. The van der Waals surface area contributed by atoms with Gasteiger partial charge in [-0.3, -0.25) is 9.69 Å². The number of hydrogen-bond acceptors (Lipinski definition) is 5. The van der Waals surface area contributed by atoms with Gasteiger partial charge in [0.1, 0.15) is 28.7 Å². The molecule has 1 heterocycles. The summed E-state index contributed by atoms with van der Waals surface area (Å²) in [5, 5.41) is 11.7. The van der Waals surface area contributed by atoms with Crippen LogP contribution in [0.25, 0.3) is 0 Å². The van der Waals surface area contributed by atoms with Crippen LogP contribution < -0.4 is 4.74 Å². The van der Waals surface area contributed by atoms with Gasteiger partial charge < -0.3 is 14.4 Å². The number of carbonyl (C=O) groups is 1. The quantitative estimate of drug-likeness (QED) is 0.385. The van der Waals surface area contributed by atoms with E-state index in [9.17, 15) is 31.8 Å². The van der Waals surface area contributed by atoms with Crippen molar-refractivity contribution < 1.29 is 31.3 Å². The Morgan fingerprint density at radius 3 is 2.43 bits per heavy atom. The summed E-state index contributed by atoms with van der Waals surface area (Å²) < 4.78 is 71.3. The van der Waals surface area contributed by atoms with Crippen molar-refractivity contribution in [3.63, 3.8) is 0 Å². The maximum absolute atomic E-state index is 14.8. The number of amides is 1. The fraction of sp³-hybridized carbons (Fsp3) is 0.458. The normalized spacial score (nSPS) is 18.3. The molecule has 2 fully saturated rings. The van der Waals surface area contributed by atoms with Crippen molar-refractivity contribution >= 4 is 16.9 Å². The van der Waals surface area contributed by atoms with E-state index >= 15 is 0 Å². The van der Waals surface area contributed by atoms with Crippen molar-refractivity contribution in [2.24, 2.45) is 0 Å². The Bertz CT molecular complexity index is 1120. The van der Waals surface area contributed by atoms with E-state index in [1.54, 1.807) is 0 Å². The minimum absolute atomic E-state index is 0.170. The molecular weight excluding hydrogens is 488 g/mol. The summed E-state index contributed by atoms with van der Waals surface area (Å²) in [6, 6.07) is 7.80. The highest BCUT2D eigenvalue weighted by molar-refractivity contribution is 7.82. The lowest BCUT2D eigenvalue weighted by Crippen LogP contribution is -2.38. The summed E-state index contributed by atoms with van der Waals surface area (Å²) in [7, 11) is -2.11. The molecule has 0 N–H and O–H groups in total. The average Bonchev–Trinajstić information content (AvgIpc) is 3.64. The van der Waals surface area contributed by atoms with E-state index in [1.807, 2.05) is 0 Å². The lowest BCUT2D eigenvalue weighted by Gasteiger charge is -2.33. The van der Waals surface area contributed by atoms with E-state index in [1.165, 1.54) is 30.3 Å². The molecule has 190 valence electrons. The van der Waals surface area contributed by atoms with E-state index in [0.717, 1.165) is 30.7 Å². The fourth-order valence-electron chi connectivity index (χ4n) is 4.33. The highest BCUT2D eigenvalue weighted by Crippen LogP contribution is 2.43. The highest BCUT2D eigenvalue weighted by Gasteiger charge is 2.35. The van der Waals surface area contributed by atoms with E-state index in [0.29, 0.717) is 38.0 Å². The van der Waals surface area contributed by atoms with Crippen molar-refractivity contribution in [1.29, 1.82) is 0 Å². The first-order valence-corrected chi connectivity index (χ1v) is 12.8. The van der Waals surface area contributed by atoms with Gasteiger partial charge >= 0.3 is 6.18 Å². The van der Waals surface area contributed by atoms with Crippen molar-refractivity contribution in [3.8, 4) is 5.75 Å². The number of likely N-dealkylation sites (tertiary alicyclic amines) is 1. The third kappa shape index (κ3) is 6.02. The monoisotopic (exact) mass is 513 g/mol. The number of ether oxygens (including phenoxy) is 1. The minimum atomic E-state index is -4.50. The van der Waals surface area contributed by atoms with Crippen LogP contribution in [0.1, 0.15) is 58.6 Å². The third-order valence-electron chi connectivity index (χ3n) is 6.29. The van der Waals surface area contributed by atoms with E-state index in [-0.39, 0.29) is 22.2 Å². The Hall–Kier alpha value is -2.50. The second kappa shape index (κ2) is 10.2. The van der Waals surface area contributed by atoms with Crippen LogP contribution in [0.5, 0.6) is 5.75 Å². The molecule has 1 unspecified atom stereocenters. The first kappa shape index (κ1) is 25.6. The first-order chi connectivity index (χ1) is 16.5. The van der Waals surface area contributed by atoms with Crippen molar-refractivity contribution in [2.75, 3.05) is 19.3 Å². The number of alkyl halides is 3. The molecule has 1 aliphatic carbocycles. The second-order valence-corrected chi connectivity index (χ2v) is 10.1. The molecular formula is C24H25F4N2O4S-. The topological polar surface area (TPSA) is 72.9 Å². The van der Waals surface area contributed by atoms with Crippen molar-refractivity contribution in [1.82, 2.24) is 9.37 Å². The van der Waals surface area contributed by atoms with Gasteiger partial charge in [0.15, 0.2) is 0 Å².